The summed E-state index contributed by atoms with van der Waals surface area (Å²) >= 11 is 0. The summed E-state index contributed by atoms with van der Waals surface area (Å²) in [7, 11) is 1.45. The van der Waals surface area contributed by atoms with Gasteiger partial charge < -0.3 is 15.1 Å². The molecule has 8 nitrogen and oxygen atoms in total. The minimum atomic E-state index is -0.497. The van der Waals surface area contributed by atoms with Gasteiger partial charge in [-0.05, 0) is 31.2 Å². The van der Waals surface area contributed by atoms with E-state index in [1.807, 2.05) is 6.92 Å². The molecule has 0 aliphatic heterocycles. The first-order valence-corrected chi connectivity index (χ1v) is 9.04. The summed E-state index contributed by atoms with van der Waals surface area (Å²) in [5.74, 6) is -0.232. The number of furan rings is 1. The summed E-state index contributed by atoms with van der Waals surface area (Å²) < 4.78 is 5.70. The third kappa shape index (κ3) is 4.79. The number of carbonyl (C=O) groups excluding carboxylic acids is 2. The Balaban J connectivity index is 1.87. The van der Waals surface area contributed by atoms with Crippen molar-refractivity contribution in [2.75, 3.05) is 7.05 Å². The largest absolute Gasteiger partial charge is 0.457 e. The molecular weight excluding hydrogens is 386 g/mol. The van der Waals surface area contributed by atoms with E-state index in [0.717, 1.165) is 5.56 Å². The van der Waals surface area contributed by atoms with E-state index in [2.05, 4.69) is 10.6 Å². The van der Waals surface area contributed by atoms with Gasteiger partial charge in [0.05, 0.1) is 4.92 Å². The fraction of sp³-hybridized carbons (Fsp3) is 0.0909. The van der Waals surface area contributed by atoms with Crippen molar-refractivity contribution in [3.05, 3.63) is 93.4 Å². The van der Waals surface area contributed by atoms with E-state index in [1.54, 1.807) is 48.5 Å². The Morgan fingerprint density at radius 3 is 2.47 bits per heavy atom. The van der Waals surface area contributed by atoms with Gasteiger partial charge in [0.25, 0.3) is 17.5 Å². The number of carbonyl (C=O) groups is 2. The lowest BCUT2D eigenvalue weighted by atomic mass is 10.1. The topological polar surface area (TPSA) is 114 Å². The van der Waals surface area contributed by atoms with Crippen molar-refractivity contribution in [2.45, 2.75) is 6.92 Å². The second-order valence-electron chi connectivity index (χ2n) is 6.47. The monoisotopic (exact) mass is 405 g/mol. The third-order valence-electron chi connectivity index (χ3n) is 4.29. The molecule has 0 radical (unpaired) electrons. The summed E-state index contributed by atoms with van der Waals surface area (Å²) in [6.07, 6.45) is 1.39. The minimum Gasteiger partial charge on any atom is -0.457 e. The molecule has 1 aromatic heterocycles. The van der Waals surface area contributed by atoms with Gasteiger partial charge in [0.1, 0.15) is 17.2 Å². The lowest BCUT2D eigenvalue weighted by Crippen LogP contribution is -2.33. The number of nitrogens with zero attached hydrogens (tertiary/aromatic N) is 1. The summed E-state index contributed by atoms with van der Waals surface area (Å²) in [5.41, 5.74) is 1.89. The van der Waals surface area contributed by atoms with Gasteiger partial charge >= 0.3 is 0 Å². The van der Waals surface area contributed by atoms with Crippen LogP contribution in [0.2, 0.25) is 0 Å². The van der Waals surface area contributed by atoms with Gasteiger partial charge in [0, 0.05) is 36.4 Å². The zero-order chi connectivity index (χ0) is 21.7. The summed E-state index contributed by atoms with van der Waals surface area (Å²) in [4.78, 5) is 35.2. The lowest BCUT2D eigenvalue weighted by molar-refractivity contribution is -0.384. The molecule has 0 aliphatic rings. The van der Waals surface area contributed by atoms with Gasteiger partial charge in [-0.1, -0.05) is 29.8 Å². The molecule has 2 N–H and O–H groups in total. The highest BCUT2D eigenvalue weighted by Gasteiger charge is 2.15. The molecule has 0 saturated heterocycles. The Morgan fingerprint density at radius 1 is 1.07 bits per heavy atom. The molecule has 152 valence electrons. The van der Waals surface area contributed by atoms with Crippen LogP contribution in [0.3, 0.4) is 0 Å². The minimum absolute atomic E-state index is 0.00279. The number of amides is 2. The molecule has 30 heavy (non-hydrogen) atoms. The van der Waals surface area contributed by atoms with Gasteiger partial charge in [-0.2, -0.15) is 0 Å². The van der Waals surface area contributed by atoms with Gasteiger partial charge in [-0.3, -0.25) is 19.7 Å². The number of nitrogens with one attached hydrogen (secondary N) is 2. The molecule has 2 aromatic carbocycles. The second-order valence-corrected chi connectivity index (χ2v) is 6.47. The van der Waals surface area contributed by atoms with Crippen LogP contribution in [0.15, 0.2) is 70.8 Å². The van der Waals surface area contributed by atoms with Crippen molar-refractivity contribution < 1.29 is 18.9 Å². The number of aryl methyl sites for hydroxylation is 1. The first kappa shape index (κ1) is 20.5. The van der Waals surface area contributed by atoms with E-state index >= 15 is 0 Å². The van der Waals surface area contributed by atoms with Gasteiger partial charge in [0.15, 0.2) is 0 Å². The molecule has 1 heterocycles. The van der Waals surface area contributed by atoms with Crippen LogP contribution in [0.1, 0.15) is 21.7 Å². The maximum Gasteiger partial charge on any atom is 0.270 e. The molecule has 3 aromatic rings. The predicted octanol–water partition coefficient (Wildman–Crippen LogP) is 3.68. The first-order chi connectivity index (χ1) is 14.4. The molecule has 0 spiro atoms. The lowest BCUT2D eigenvalue weighted by Gasteiger charge is -2.08. The number of hydrogen-bond acceptors (Lipinski definition) is 5. The average molecular weight is 405 g/mol. The molecule has 0 atom stereocenters. The maximum atomic E-state index is 12.5. The number of likely N-dealkylation sites (N-methyl/N-ethyl adjacent to an activating group) is 1. The van der Waals surface area contributed by atoms with Crippen LogP contribution in [0, 0.1) is 17.0 Å². The normalized spacial score (nSPS) is 11.1. The predicted molar refractivity (Wildman–Crippen MR) is 111 cm³/mol. The fourth-order valence-corrected chi connectivity index (χ4v) is 2.69. The summed E-state index contributed by atoms with van der Waals surface area (Å²) in [5, 5.41) is 16.0. The molecule has 3 rings (SSSR count). The van der Waals surface area contributed by atoms with Crippen molar-refractivity contribution in [3.8, 4) is 11.3 Å². The van der Waals surface area contributed by atoms with Crippen LogP contribution in [0.25, 0.3) is 17.4 Å². The van der Waals surface area contributed by atoms with E-state index in [4.69, 9.17) is 4.42 Å². The third-order valence-corrected chi connectivity index (χ3v) is 4.29. The smallest absolute Gasteiger partial charge is 0.270 e. The van der Waals surface area contributed by atoms with E-state index in [9.17, 15) is 19.7 Å². The Bertz CT molecular complexity index is 1130. The number of nitro benzene ring substituents is 1. The Kier molecular flexibility index (Phi) is 6.07. The van der Waals surface area contributed by atoms with Crippen LogP contribution in [-0.2, 0) is 4.79 Å². The van der Waals surface area contributed by atoms with Crippen molar-refractivity contribution in [1.29, 1.82) is 0 Å². The number of benzene rings is 2. The van der Waals surface area contributed by atoms with E-state index in [1.165, 1.54) is 25.3 Å². The van der Waals surface area contributed by atoms with Crippen molar-refractivity contribution in [3.63, 3.8) is 0 Å². The van der Waals surface area contributed by atoms with Crippen LogP contribution < -0.4 is 10.6 Å². The zero-order valence-electron chi connectivity index (χ0n) is 16.3. The van der Waals surface area contributed by atoms with Gasteiger partial charge in [-0.25, -0.2) is 0 Å². The summed E-state index contributed by atoms with van der Waals surface area (Å²) in [6.45, 7) is 1.91. The van der Waals surface area contributed by atoms with Crippen molar-refractivity contribution in [2.24, 2.45) is 0 Å². The second kappa shape index (κ2) is 8.87. The number of nitro groups is 1. The quantitative estimate of drug-likeness (QED) is 0.369. The molecule has 0 fully saturated rings. The molecule has 0 aliphatic carbocycles. The van der Waals surface area contributed by atoms with Crippen LogP contribution in [0.5, 0.6) is 0 Å². The Labute approximate surface area is 172 Å². The number of rotatable bonds is 6. The highest BCUT2D eigenvalue weighted by Crippen LogP contribution is 2.26. The molecule has 0 saturated carbocycles. The molecule has 2 amide bonds. The fourth-order valence-electron chi connectivity index (χ4n) is 2.69. The van der Waals surface area contributed by atoms with Gasteiger partial charge in [-0.15, -0.1) is 0 Å². The van der Waals surface area contributed by atoms with Crippen molar-refractivity contribution >= 4 is 23.6 Å². The highest BCUT2D eigenvalue weighted by atomic mass is 16.6. The Morgan fingerprint density at radius 2 is 1.80 bits per heavy atom. The van der Waals surface area contributed by atoms with Crippen LogP contribution in [-0.4, -0.2) is 23.8 Å². The summed E-state index contributed by atoms with van der Waals surface area (Å²) in [6, 6.07) is 16.2. The molecule has 8 heteroatoms. The number of non-ortho nitro benzene ring substituents is 1. The maximum absolute atomic E-state index is 12.5. The molecule has 0 bridgehead atoms. The Hall–Kier alpha value is -4.20. The first-order valence-electron chi connectivity index (χ1n) is 9.04. The van der Waals surface area contributed by atoms with E-state index in [0.29, 0.717) is 22.6 Å². The van der Waals surface area contributed by atoms with Crippen molar-refractivity contribution in [1.82, 2.24) is 10.6 Å². The standard InChI is InChI=1S/C22H19N3O5/c1-14-6-8-15(9-7-14)21(26)24-19(22(27)23-2)13-18-10-11-20(30-18)16-4-3-5-17(12-16)25(28)29/h3-13H,1-2H3,(H,23,27)(H,24,26)/b19-13-. The average Bonchev–Trinajstić information content (AvgIpc) is 3.21. The SMILES string of the molecule is CNC(=O)/C(=C/c1ccc(-c2cccc([N+](=O)[O-])c2)o1)NC(=O)c1ccc(C)cc1. The van der Waals surface area contributed by atoms with Crippen LogP contribution in [0.4, 0.5) is 5.69 Å². The molecular formula is C22H19N3O5. The van der Waals surface area contributed by atoms with Crippen LogP contribution >= 0.6 is 0 Å². The number of hydrogen-bond donors (Lipinski definition) is 2. The molecule has 0 unspecified atom stereocenters. The van der Waals surface area contributed by atoms with E-state index < -0.39 is 16.7 Å². The van der Waals surface area contributed by atoms with E-state index in [-0.39, 0.29) is 11.4 Å². The zero-order valence-corrected chi connectivity index (χ0v) is 16.3. The highest BCUT2D eigenvalue weighted by molar-refractivity contribution is 6.05. The van der Waals surface area contributed by atoms with Gasteiger partial charge in [0.2, 0.25) is 0 Å².